The van der Waals surface area contributed by atoms with Gasteiger partial charge in [0.25, 0.3) is 5.56 Å². The van der Waals surface area contributed by atoms with E-state index in [0.717, 1.165) is 24.0 Å². The Labute approximate surface area is 133 Å². The smallest absolute Gasteiger partial charge is 0.261 e. The second-order valence-corrected chi connectivity index (χ2v) is 6.14. The lowest BCUT2D eigenvalue weighted by molar-refractivity contribution is 0.499. The Morgan fingerprint density at radius 3 is 2.61 bits per heavy atom. The number of nitrogens with zero attached hydrogens (tertiary/aromatic N) is 2. The predicted octanol–water partition coefficient (Wildman–Crippen LogP) is 4.32. The molecule has 0 spiro atoms. The van der Waals surface area contributed by atoms with Crippen LogP contribution in [0.1, 0.15) is 31.7 Å². The molecule has 0 bridgehead atoms. The normalized spacial score (nSPS) is 15.3. The van der Waals surface area contributed by atoms with Crippen LogP contribution in [0, 0.1) is 5.82 Å². The summed E-state index contributed by atoms with van der Waals surface area (Å²) in [4.78, 5) is 17.1. The minimum absolute atomic E-state index is 0.0210. The van der Waals surface area contributed by atoms with Crippen molar-refractivity contribution < 1.29 is 4.39 Å². The largest absolute Gasteiger partial charge is 0.296 e. The number of hydrogen-bond donors (Lipinski definition) is 0. The molecule has 1 saturated carbocycles. The van der Waals surface area contributed by atoms with E-state index in [4.69, 9.17) is 0 Å². The van der Waals surface area contributed by atoms with Crippen molar-refractivity contribution in [3.8, 4) is 11.1 Å². The highest BCUT2D eigenvalue weighted by Gasteiger charge is 2.19. The molecule has 3 aromatic rings. The third kappa shape index (κ3) is 2.54. The van der Waals surface area contributed by atoms with Gasteiger partial charge in [-0.2, -0.15) is 0 Å². The van der Waals surface area contributed by atoms with E-state index >= 15 is 0 Å². The number of rotatable bonds is 2. The lowest BCUT2D eigenvalue weighted by Gasteiger charge is -2.13. The zero-order chi connectivity index (χ0) is 15.8. The summed E-state index contributed by atoms with van der Waals surface area (Å²) in [7, 11) is 0. The van der Waals surface area contributed by atoms with Gasteiger partial charge in [0.2, 0.25) is 0 Å². The van der Waals surface area contributed by atoms with E-state index in [0.29, 0.717) is 10.9 Å². The molecular weight excluding hydrogens is 291 g/mol. The van der Waals surface area contributed by atoms with Gasteiger partial charge in [-0.15, -0.1) is 0 Å². The first-order valence-electron chi connectivity index (χ1n) is 7.99. The standard InChI is InChI=1S/C19H17FN2O/c20-15-5-3-4-13(10-15)14-8-9-17-18(11-14)21-12-22(19(17)23)16-6-1-2-7-16/h3-5,8-12,16H,1-2,6-7H2. The molecule has 4 heteroatoms. The molecule has 3 nitrogen and oxygen atoms in total. The molecule has 0 aliphatic heterocycles. The number of benzene rings is 2. The van der Waals surface area contributed by atoms with Gasteiger partial charge < -0.3 is 0 Å². The molecule has 0 atom stereocenters. The van der Waals surface area contributed by atoms with Gasteiger partial charge in [-0.05, 0) is 48.2 Å². The van der Waals surface area contributed by atoms with Crippen LogP contribution in [0.4, 0.5) is 4.39 Å². The van der Waals surface area contributed by atoms with Crippen LogP contribution in [0.25, 0.3) is 22.0 Å². The minimum atomic E-state index is -0.271. The third-order valence-corrected chi connectivity index (χ3v) is 4.66. The minimum Gasteiger partial charge on any atom is -0.296 e. The first kappa shape index (κ1) is 14.1. The van der Waals surface area contributed by atoms with E-state index in [2.05, 4.69) is 4.98 Å². The summed E-state index contributed by atoms with van der Waals surface area (Å²) < 4.78 is 15.2. The van der Waals surface area contributed by atoms with E-state index in [9.17, 15) is 9.18 Å². The Balaban J connectivity index is 1.81. The lowest BCUT2D eigenvalue weighted by atomic mass is 10.0. The zero-order valence-corrected chi connectivity index (χ0v) is 12.7. The van der Waals surface area contributed by atoms with Crippen LogP contribution in [-0.4, -0.2) is 9.55 Å². The van der Waals surface area contributed by atoms with E-state index in [1.807, 2.05) is 18.2 Å². The summed E-state index contributed by atoms with van der Waals surface area (Å²) in [6.45, 7) is 0. The fraction of sp³-hybridized carbons (Fsp3) is 0.263. The van der Waals surface area contributed by atoms with Gasteiger partial charge in [-0.3, -0.25) is 9.36 Å². The van der Waals surface area contributed by atoms with Gasteiger partial charge in [-0.1, -0.05) is 31.0 Å². The summed E-state index contributed by atoms with van der Waals surface area (Å²) >= 11 is 0. The van der Waals surface area contributed by atoms with E-state index < -0.39 is 0 Å². The fourth-order valence-electron chi connectivity index (χ4n) is 3.43. The quantitative estimate of drug-likeness (QED) is 0.707. The molecule has 116 valence electrons. The zero-order valence-electron chi connectivity index (χ0n) is 12.7. The number of hydrogen-bond acceptors (Lipinski definition) is 2. The Kier molecular flexibility index (Phi) is 3.45. The summed E-state index contributed by atoms with van der Waals surface area (Å²) in [6, 6.07) is 12.2. The van der Waals surface area contributed by atoms with Crippen molar-refractivity contribution in [1.82, 2.24) is 9.55 Å². The maximum atomic E-state index is 13.4. The molecule has 0 saturated heterocycles. The summed E-state index contributed by atoms with van der Waals surface area (Å²) in [5.41, 5.74) is 2.33. The fourth-order valence-corrected chi connectivity index (χ4v) is 3.43. The van der Waals surface area contributed by atoms with Crippen LogP contribution in [0.2, 0.25) is 0 Å². The van der Waals surface area contributed by atoms with Crippen molar-refractivity contribution in [2.45, 2.75) is 31.7 Å². The number of fused-ring (bicyclic) bond motifs is 1. The molecule has 1 aliphatic rings. The maximum Gasteiger partial charge on any atom is 0.261 e. The number of halogens is 1. The highest BCUT2D eigenvalue weighted by atomic mass is 19.1. The average molecular weight is 308 g/mol. The highest BCUT2D eigenvalue weighted by Crippen LogP contribution is 2.29. The topological polar surface area (TPSA) is 34.9 Å². The van der Waals surface area contributed by atoms with E-state index in [-0.39, 0.29) is 17.4 Å². The second-order valence-electron chi connectivity index (χ2n) is 6.14. The monoisotopic (exact) mass is 308 g/mol. The van der Waals surface area contributed by atoms with Crippen molar-refractivity contribution >= 4 is 10.9 Å². The molecular formula is C19H17FN2O. The van der Waals surface area contributed by atoms with Crippen LogP contribution in [0.5, 0.6) is 0 Å². The van der Waals surface area contributed by atoms with Crippen LogP contribution < -0.4 is 5.56 Å². The molecule has 0 amide bonds. The van der Waals surface area contributed by atoms with Crippen molar-refractivity contribution in [2.24, 2.45) is 0 Å². The predicted molar refractivity (Wildman–Crippen MR) is 88.9 cm³/mol. The third-order valence-electron chi connectivity index (χ3n) is 4.66. The SMILES string of the molecule is O=c1c2ccc(-c3cccc(F)c3)cc2ncn1C1CCCC1. The van der Waals surface area contributed by atoms with Crippen molar-refractivity contribution in [2.75, 3.05) is 0 Å². The number of aromatic nitrogens is 2. The highest BCUT2D eigenvalue weighted by molar-refractivity contribution is 5.83. The van der Waals surface area contributed by atoms with Gasteiger partial charge in [0.1, 0.15) is 5.82 Å². The van der Waals surface area contributed by atoms with E-state index in [1.165, 1.54) is 25.0 Å². The second kappa shape index (κ2) is 5.61. The summed E-state index contributed by atoms with van der Waals surface area (Å²) in [5, 5.41) is 0.625. The first-order chi connectivity index (χ1) is 11.2. The summed E-state index contributed by atoms with van der Waals surface area (Å²) in [6.07, 6.45) is 6.11. The average Bonchev–Trinajstić information content (AvgIpc) is 3.09. The first-order valence-corrected chi connectivity index (χ1v) is 7.99. The molecule has 1 aliphatic carbocycles. The van der Waals surface area contributed by atoms with Gasteiger partial charge in [0.15, 0.2) is 0 Å². The van der Waals surface area contributed by atoms with Gasteiger partial charge in [0, 0.05) is 6.04 Å². The molecule has 0 unspecified atom stereocenters. The molecule has 4 rings (SSSR count). The lowest BCUT2D eigenvalue weighted by Crippen LogP contribution is -2.23. The van der Waals surface area contributed by atoms with Crippen LogP contribution >= 0.6 is 0 Å². The Bertz CT molecular complexity index is 926. The maximum absolute atomic E-state index is 13.4. The molecule has 1 fully saturated rings. The molecule has 23 heavy (non-hydrogen) atoms. The Hall–Kier alpha value is -2.49. The molecule has 0 radical (unpaired) electrons. The molecule has 1 aromatic heterocycles. The van der Waals surface area contributed by atoms with Crippen molar-refractivity contribution in [3.63, 3.8) is 0 Å². The molecule has 0 N–H and O–H groups in total. The molecule has 2 aromatic carbocycles. The Morgan fingerprint density at radius 1 is 1.04 bits per heavy atom. The van der Waals surface area contributed by atoms with Crippen molar-refractivity contribution in [3.05, 3.63) is 65.0 Å². The van der Waals surface area contributed by atoms with Crippen LogP contribution in [-0.2, 0) is 0 Å². The van der Waals surface area contributed by atoms with Gasteiger partial charge in [0.05, 0.1) is 17.2 Å². The van der Waals surface area contributed by atoms with Crippen LogP contribution in [0.15, 0.2) is 53.6 Å². The van der Waals surface area contributed by atoms with Gasteiger partial charge in [-0.25, -0.2) is 9.37 Å². The van der Waals surface area contributed by atoms with Gasteiger partial charge >= 0.3 is 0 Å². The molecule has 1 heterocycles. The summed E-state index contributed by atoms with van der Waals surface area (Å²) in [5.74, 6) is -0.271. The van der Waals surface area contributed by atoms with E-state index in [1.54, 1.807) is 23.0 Å². The Morgan fingerprint density at radius 2 is 1.83 bits per heavy atom. The van der Waals surface area contributed by atoms with Crippen LogP contribution in [0.3, 0.4) is 0 Å². The van der Waals surface area contributed by atoms with Crippen molar-refractivity contribution in [1.29, 1.82) is 0 Å².